The van der Waals surface area contributed by atoms with Crippen LogP contribution in [0.2, 0.25) is 0 Å². The Balaban J connectivity index is 3.79. The molecule has 1 atom stereocenters. The minimum absolute atomic E-state index is 0.00284. The lowest BCUT2D eigenvalue weighted by Crippen LogP contribution is -2.49. The molecule has 0 aliphatic rings. The molecule has 0 aliphatic carbocycles. The fourth-order valence-corrected chi connectivity index (χ4v) is 1.72. The molecule has 0 aromatic carbocycles. The van der Waals surface area contributed by atoms with Crippen LogP contribution in [0.25, 0.3) is 0 Å². The van der Waals surface area contributed by atoms with E-state index >= 15 is 0 Å². The van der Waals surface area contributed by atoms with Gasteiger partial charge >= 0.3 is 5.97 Å². The van der Waals surface area contributed by atoms with Gasteiger partial charge in [0.1, 0.15) is 0 Å². The van der Waals surface area contributed by atoms with Gasteiger partial charge in [-0.15, -0.1) is 0 Å². The average Bonchev–Trinajstić information content (AvgIpc) is 2.36. The van der Waals surface area contributed by atoms with Gasteiger partial charge < -0.3 is 15.3 Å². The molecule has 0 amide bonds. The normalized spacial score (nSPS) is 14.2. The van der Waals surface area contributed by atoms with E-state index in [9.17, 15) is 14.7 Å². The van der Waals surface area contributed by atoms with Crippen molar-refractivity contribution in [1.82, 2.24) is 0 Å². The number of carboxylic acid groups (broad SMARTS) is 1. The van der Waals surface area contributed by atoms with E-state index in [1.807, 2.05) is 0 Å². The van der Waals surface area contributed by atoms with Gasteiger partial charge in [0.25, 0.3) is 0 Å². The van der Waals surface area contributed by atoms with Crippen molar-refractivity contribution in [2.75, 3.05) is 6.61 Å². The number of aliphatic carboxylic acids is 1. The van der Waals surface area contributed by atoms with Gasteiger partial charge in [0.15, 0.2) is 5.78 Å². The van der Waals surface area contributed by atoms with Crippen LogP contribution in [0.15, 0.2) is 0 Å². The van der Waals surface area contributed by atoms with Crippen molar-refractivity contribution in [1.29, 1.82) is 0 Å². The van der Waals surface area contributed by atoms with Crippen LogP contribution in [0, 0.1) is 0 Å². The maximum Gasteiger partial charge on any atom is 0.346 e. The zero-order chi connectivity index (χ0) is 14.0. The van der Waals surface area contributed by atoms with Crippen LogP contribution < -0.4 is 0 Å². The molecule has 0 saturated heterocycles. The highest BCUT2D eigenvalue weighted by Gasteiger charge is 2.42. The molecule has 0 aromatic heterocycles. The van der Waals surface area contributed by atoms with Crippen LogP contribution in [0.5, 0.6) is 0 Å². The van der Waals surface area contributed by atoms with Crippen LogP contribution in [0.4, 0.5) is 0 Å². The maximum atomic E-state index is 11.5. The second-order valence-electron chi connectivity index (χ2n) is 4.62. The number of Topliss-reactive ketones (excluding diaryl/α,β-unsaturated/α-hetero) is 1. The molecule has 0 bridgehead atoms. The lowest BCUT2D eigenvalue weighted by molar-refractivity contribution is -0.169. The predicted molar refractivity (Wildman–Crippen MR) is 67.3 cm³/mol. The van der Waals surface area contributed by atoms with Crippen molar-refractivity contribution >= 4 is 11.8 Å². The number of carboxylic acids is 1. The zero-order valence-corrected chi connectivity index (χ0v) is 11.0. The summed E-state index contributed by atoms with van der Waals surface area (Å²) in [5.41, 5.74) is -2.62. The minimum Gasteiger partial charge on any atom is -0.479 e. The first-order valence-corrected chi connectivity index (χ1v) is 6.59. The summed E-state index contributed by atoms with van der Waals surface area (Å²) in [6.45, 7) is 1.07. The van der Waals surface area contributed by atoms with Crippen LogP contribution in [0.3, 0.4) is 0 Å². The first-order chi connectivity index (χ1) is 8.49. The zero-order valence-electron chi connectivity index (χ0n) is 11.0. The SMILES string of the molecule is CCCCCCCCCC(=O)C(O)(CO)C(=O)O. The van der Waals surface area contributed by atoms with E-state index in [2.05, 4.69) is 6.92 Å². The summed E-state index contributed by atoms with van der Waals surface area (Å²) in [7, 11) is 0. The number of carbonyl (C=O) groups excluding carboxylic acids is 1. The third-order valence-corrected chi connectivity index (χ3v) is 3.05. The molecule has 0 fully saturated rings. The molecule has 0 rings (SSSR count). The Hall–Kier alpha value is -0.940. The summed E-state index contributed by atoms with van der Waals surface area (Å²) >= 11 is 0. The van der Waals surface area contributed by atoms with E-state index < -0.39 is 24.0 Å². The fraction of sp³-hybridized carbons (Fsp3) is 0.846. The Morgan fingerprint density at radius 2 is 1.50 bits per heavy atom. The number of hydrogen-bond acceptors (Lipinski definition) is 4. The van der Waals surface area contributed by atoms with Crippen molar-refractivity contribution < 1.29 is 24.9 Å². The lowest BCUT2D eigenvalue weighted by atomic mass is 9.95. The van der Waals surface area contributed by atoms with Gasteiger partial charge in [0.05, 0.1) is 6.61 Å². The number of hydrogen-bond donors (Lipinski definition) is 3. The molecule has 1 unspecified atom stereocenters. The summed E-state index contributed by atoms with van der Waals surface area (Å²) in [6, 6.07) is 0. The number of aliphatic hydroxyl groups excluding tert-OH is 1. The summed E-state index contributed by atoms with van der Waals surface area (Å²) in [5, 5.41) is 26.9. The van der Waals surface area contributed by atoms with Crippen molar-refractivity contribution in [3.05, 3.63) is 0 Å². The molecule has 0 radical (unpaired) electrons. The molecule has 5 nitrogen and oxygen atoms in total. The molecule has 18 heavy (non-hydrogen) atoms. The van der Waals surface area contributed by atoms with Crippen molar-refractivity contribution in [2.45, 2.75) is 63.9 Å². The Morgan fingerprint density at radius 3 is 1.94 bits per heavy atom. The van der Waals surface area contributed by atoms with Crippen LogP contribution in [-0.2, 0) is 9.59 Å². The summed E-state index contributed by atoms with van der Waals surface area (Å²) < 4.78 is 0. The van der Waals surface area contributed by atoms with E-state index in [-0.39, 0.29) is 6.42 Å². The van der Waals surface area contributed by atoms with Crippen molar-refractivity contribution in [3.63, 3.8) is 0 Å². The number of unbranched alkanes of at least 4 members (excludes halogenated alkanes) is 6. The van der Waals surface area contributed by atoms with Gasteiger partial charge in [0.2, 0.25) is 5.60 Å². The van der Waals surface area contributed by atoms with E-state index in [1.54, 1.807) is 0 Å². The van der Waals surface area contributed by atoms with Gasteiger partial charge in [-0.1, -0.05) is 45.4 Å². The first-order valence-electron chi connectivity index (χ1n) is 6.59. The Kier molecular flexibility index (Phi) is 8.58. The fourth-order valence-electron chi connectivity index (χ4n) is 1.72. The van der Waals surface area contributed by atoms with E-state index in [1.165, 1.54) is 19.3 Å². The number of ketones is 1. The molecule has 0 spiro atoms. The largest absolute Gasteiger partial charge is 0.479 e. The van der Waals surface area contributed by atoms with Crippen molar-refractivity contribution in [2.24, 2.45) is 0 Å². The third kappa shape index (κ3) is 5.60. The third-order valence-electron chi connectivity index (χ3n) is 3.05. The van der Waals surface area contributed by atoms with Crippen LogP contribution in [-0.4, -0.2) is 39.3 Å². The van der Waals surface area contributed by atoms with E-state index in [0.717, 1.165) is 19.3 Å². The Bertz CT molecular complexity index is 264. The van der Waals surface area contributed by atoms with Gasteiger partial charge in [0, 0.05) is 6.42 Å². The smallest absolute Gasteiger partial charge is 0.346 e. The molecule has 0 aromatic rings. The number of rotatable bonds is 11. The Morgan fingerprint density at radius 1 is 1.00 bits per heavy atom. The molecule has 5 heteroatoms. The second-order valence-corrected chi connectivity index (χ2v) is 4.62. The lowest BCUT2D eigenvalue weighted by Gasteiger charge is -2.18. The Labute approximate surface area is 108 Å². The van der Waals surface area contributed by atoms with Crippen LogP contribution >= 0.6 is 0 Å². The van der Waals surface area contributed by atoms with Gasteiger partial charge in [-0.2, -0.15) is 0 Å². The highest BCUT2D eigenvalue weighted by Crippen LogP contribution is 2.13. The topological polar surface area (TPSA) is 94.8 Å². The highest BCUT2D eigenvalue weighted by molar-refractivity contribution is 6.06. The summed E-state index contributed by atoms with van der Waals surface area (Å²) in [4.78, 5) is 22.2. The monoisotopic (exact) mass is 260 g/mol. The summed E-state index contributed by atoms with van der Waals surface area (Å²) in [6.07, 6.45) is 7.10. The molecule has 0 aliphatic heterocycles. The van der Waals surface area contributed by atoms with Crippen molar-refractivity contribution in [3.8, 4) is 0 Å². The first kappa shape index (κ1) is 17.1. The maximum absolute atomic E-state index is 11.5. The number of carbonyl (C=O) groups is 2. The molecular weight excluding hydrogens is 236 g/mol. The average molecular weight is 260 g/mol. The standard InChI is InChI=1S/C13H24O5/c1-2-3-4-5-6-7-8-9-11(15)13(18,10-14)12(16)17/h14,18H,2-10H2,1H3,(H,16,17). The van der Waals surface area contributed by atoms with Gasteiger partial charge in [-0.25, -0.2) is 4.79 Å². The number of aliphatic hydroxyl groups is 2. The molecule has 3 N–H and O–H groups in total. The molecule has 0 saturated carbocycles. The molecule has 106 valence electrons. The van der Waals surface area contributed by atoms with E-state index in [0.29, 0.717) is 6.42 Å². The quantitative estimate of drug-likeness (QED) is 0.386. The second kappa shape index (κ2) is 9.05. The van der Waals surface area contributed by atoms with Crippen LogP contribution in [0.1, 0.15) is 58.3 Å². The van der Waals surface area contributed by atoms with Gasteiger partial charge in [-0.05, 0) is 6.42 Å². The van der Waals surface area contributed by atoms with Gasteiger partial charge in [-0.3, -0.25) is 4.79 Å². The molecule has 0 heterocycles. The minimum atomic E-state index is -2.62. The predicted octanol–water partition coefficient (Wildman–Crippen LogP) is 1.50. The van der Waals surface area contributed by atoms with E-state index in [4.69, 9.17) is 10.2 Å². The highest BCUT2D eigenvalue weighted by atomic mass is 16.4. The summed E-state index contributed by atoms with van der Waals surface area (Å²) in [5.74, 6) is -2.50. The molecular formula is C13H24O5.